The highest BCUT2D eigenvalue weighted by molar-refractivity contribution is 7.13. The van der Waals surface area contributed by atoms with Crippen LogP contribution in [0.2, 0.25) is 0 Å². The number of benzene rings is 1. The van der Waals surface area contributed by atoms with Crippen molar-refractivity contribution in [2.45, 2.75) is 64.6 Å². The van der Waals surface area contributed by atoms with E-state index >= 15 is 0 Å². The summed E-state index contributed by atoms with van der Waals surface area (Å²) in [5, 5.41) is 6.17. The molecule has 3 aromatic rings. The predicted molar refractivity (Wildman–Crippen MR) is 138 cm³/mol. The van der Waals surface area contributed by atoms with E-state index in [1.54, 1.807) is 18.7 Å². The van der Waals surface area contributed by atoms with Gasteiger partial charge in [0, 0.05) is 24.2 Å². The second kappa shape index (κ2) is 11.8. The summed E-state index contributed by atoms with van der Waals surface area (Å²) in [4.78, 5) is 52.6. The molecule has 38 heavy (non-hydrogen) atoms. The first-order valence-electron chi connectivity index (χ1n) is 12.5. The van der Waals surface area contributed by atoms with Crippen molar-refractivity contribution in [1.82, 2.24) is 30.5 Å². The summed E-state index contributed by atoms with van der Waals surface area (Å²) in [5.41, 5.74) is 0.452. The minimum Gasteiger partial charge on any atom is -0.345 e. The van der Waals surface area contributed by atoms with E-state index in [1.165, 1.54) is 29.8 Å². The fourth-order valence-electron chi connectivity index (χ4n) is 4.45. The molecule has 1 aromatic carbocycles. The molecule has 4 rings (SSSR count). The van der Waals surface area contributed by atoms with Gasteiger partial charge in [-0.1, -0.05) is 0 Å². The molecule has 0 radical (unpaired) electrons. The Labute approximate surface area is 223 Å². The highest BCUT2D eigenvalue weighted by Crippen LogP contribution is 2.23. The molecular weight excluding hydrogens is 514 g/mol. The van der Waals surface area contributed by atoms with Crippen molar-refractivity contribution >= 4 is 29.1 Å². The molecular formula is C26H30F2N6O3S. The van der Waals surface area contributed by atoms with E-state index in [2.05, 4.69) is 25.6 Å². The van der Waals surface area contributed by atoms with Crippen LogP contribution in [-0.4, -0.2) is 56.2 Å². The Balaban J connectivity index is 1.49. The Kier molecular flexibility index (Phi) is 8.50. The van der Waals surface area contributed by atoms with E-state index in [-0.39, 0.29) is 23.9 Å². The maximum atomic E-state index is 14.2. The number of piperidine rings is 1. The van der Waals surface area contributed by atoms with Crippen molar-refractivity contribution in [3.05, 3.63) is 57.9 Å². The number of rotatable bonds is 8. The SMILES string of the molecule is Cc1ncc(C(=O)N[C@@H](CC(=O)N2CCCC[C@@H]2C)C(=O)N[C@@H](C)c2ncc(-c3ccc(F)cc3F)[nH]2)s1. The Bertz CT molecular complexity index is 1330. The summed E-state index contributed by atoms with van der Waals surface area (Å²) >= 11 is 1.19. The van der Waals surface area contributed by atoms with Gasteiger partial charge in [-0.2, -0.15) is 0 Å². The molecule has 0 aliphatic carbocycles. The molecule has 0 saturated carbocycles. The predicted octanol–water partition coefficient (Wildman–Crippen LogP) is 3.89. The van der Waals surface area contributed by atoms with Crippen LogP contribution in [0.15, 0.2) is 30.6 Å². The number of carbonyl (C=O) groups is 3. The lowest BCUT2D eigenvalue weighted by Crippen LogP contribution is -2.51. The number of amides is 3. The van der Waals surface area contributed by atoms with E-state index < -0.39 is 35.5 Å². The Morgan fingerprint density at radius 1 is 1.18 bits per heavy atom. The molecule has 0 spiro atoms. The largest absolute Gasteiger partial charge is 0.345 e. The van der Waals surface area contributed by atoms with Crippen molar-refractivity contribution in [2.24, 2.45) is 0 Å². The van der Waals surface area contributed by atoms with E-state index in [1.807, 2.05) is 6.92 Å². The number of imidazole rings is 1. The van der Waals surface area contributed by atoms with Crippen LogP contribution in [0.1, 0.15) is 66.1 Å². The van der Waals surface area contributed by atoms with Crippen molar-refractivity contribution in [3.63, 3.8) is 0 Å². The second-order valence-electron chi connectivity index (χ2n) is 9.44. The van der Waals surface area contributed by atoms with Gasteiger partial charge >= 0.3 is 0 Å². The summed E-state index contributed by atoms with van der Waals surface area (Å²) in [6.07, 6.45) is 5.45. The minimum absolute atomic E-state index is 0.0622. The van der Waals surface area contributed by atoms with Gasteiger partial charge in [0.05, 0.1) is 35.6 Å². The summed E-state index contributed by atoms with van der Waals surface area (Å²) in [6.45, 7) is 6.03. The van der Waals surface area contributed by atoms with Crippen LogP contribution in [0, 0.1) is 18.6 Å². The van der Waals surface area contributed by atoms with Crippen LogP contribution in [0.4, 0.5) is 8.78 Å². The molecule has 0 bridgehead atoms. The Hall–Kier alpha value is -3.67. The quantitative estimate of drug-likeness (QED) is 0.398. The highest BCUT2D eigenvalue weighted by atomic mass is 32.1. The van der Waals surface area contributed by atoms with Crippen LogP contribution in [0.5, 0.6) is 0 Å². The standard InChI is InChI=1S/C26H30F2N6O3S/c1-14-6-4-5-9-34(14)23(35)11-20(33-26(37)22-13-29-16(3)38-22)25(36)31-15(2)24-30-12-21(32-24)18-8-7-17(27)10-19(18)28/h7-8,10,12-15,20H,4-6,9,11H2,1-3H3,(H,30,32)(H,31,36)(H,33,37)/t14-,15-,20-/m0/s1. The molecule has 0 unspecified atom stereocenters. The number of nitrogens with one attached hydrogen (secondary N) is 3. The minimum atomic E-state index is -1.13. The number of H-pyrrole nitrogens is 1. The molecule has 202 valence electrons. The van der Waals surface area contributed by atoms with E-state index in [4.69, 9.17) is 0 Å². The number of aromatic amines is 1. The first-order valence-corrected chi connectivity index (χ1v) is 13.3. The van der Waals surface area contributed by atoms with Gasteiger partial charge in [-0.15, -0.1) is 11.3 Å². The first-order chi connectivity index (χ1) is 18.1. The lowest BCUT2D eigenvalue weighted by atomic mass is 10.0. The lowest BCUT2D eigenvalue weighted by Gasteiger charge is -2.34. The molecule has 1 saturated heterocycles. The van der Waals surface area contributed by atoms with Gasteiger partial charge in [0.15, 0.2) is 0 Å². The molecule has 2 aromatic heterocycles. The third-order valence-corrected chi connectivity index (χ3v) is 7.47. The average molecular weight is 545 g/mol. The number of hydrogen-bond donors (Lipinski definition) is 3. The van der Waals surface area contributed by atoms with E-state index in [9.17, 15) is 23.2 Å². The van der Waals surface area contributed by atoms with E-state index in [0.29, 0.717) is 27.9 Å². The van der Waals surface area contributed by atoms with Crippen LogP contribution in [-0.2, 0) is 9.59 Å². The Morgan fingerprint density at radius 2 is 1.97 bits per heavy atom. The number of likely N-dealkylation sites (tertiary alicyclic amines) is 1. The van der Waals surface area contributed by atoms with Gasteiger partial charge in [-0.25, -0.2) is 18.7 Å². The fraction of sp³-hybridized carbons (Fsp3) is 0.423. The third-order valence-electron chi connectivity index (χ3n) is 6.55. The zero-order valence-corrected chi connectivity index (χ0v) is 22.2. The number of hydrogen-bond acceptors (Lipinski definition) is 6. The number of halogens is 2. The van der Waals surface area contributed by atoms with Crippen LogP contribution < -0.4 is 10.6 Å². The summed E-state index contributed by atoms with van der Waals surface area (Å²) < 4.78 is 27.5. The normalized spacial score (nSPS) is 17.1. The van der Waals surface area contributed by atoms with Gasteiger partial charge in [0.2, 0.25) is 11.8 Å². The topological polar surface area (TPSA) is 120 Å². The highest BCUT2D eigenvalue weighted by Gasteiger charge is 2.31. The number of aryl methyl sites for hydroxylation is 1. The molecule has 12 heteroatoms. The van der Waals surface area contributed by atoms with Crippen LogP contribution in [0.3, 0.4) is 0 Å². The Morgan fingerprint density at radius 3 is 2.66 bits per heavy atom. The van der Waals surface area contributed by atoms with Crippen molar-refractivity contribution in [2.75, 3.05) is 6.54 Å². The van der Waals surface area contributed by atoms with Gasteiger partial charge in [0.25, 0.3) is 5.91 Å². The molecule has 3 N–H and O–H groups in total. The number of nitrogens with zero attached hydrogens (tertiary/aromatic N) is 3. The summed E-state index contributed by atoms with van der Waals surface area (Å²) in [5.74, 6) is -2.37. The number of carbonyl (C=O) groups excluding carboxylic acids is 3. The number of aromatic nitrogens is 3. The van der Waals surface area contributed by atoms with Crippen molar-refractivity contribution in [1.29, 1.82) is 0 Å². The average Bonchev–Trinajstić information content (AvgIpc) is 3.53. The van der Waals surface area contributed by atoms with Crippen LogP contribution >= 0.6 is 11.3 Å². The van der Waals surface area contributed by atoms with Gasteiger partial charge in [0.1, 0.15) is 28.4 Å². The zero-order valence-electron chi connectivity index (χ0n) is 21.4. The number of thiazole rings is 1. The molecule has 3 atom stereocenters. The zero-order chi connectivity index (χ0) is 27.4. The van der Waals surface area contributed by atoms with Crippen molar-refractivity contribution in [3.8, 4) is 11.3 Å². The molecule has 3 heterocycles. The van der Waals surface area contributed by atoms with Gasteiger partial charge < -0.3 is 20.5 Å². The molecule has 1 fully saturated rings. The third kappa shape index (κ3) is 6.42. The van der Waals surface area contributed by atoms with Gasteiger partial charge in [-0.05, 0) is 52.2 Å². The maximum absolute atomic E-state index is 14.2. The van der Waals surface area contributed by atoms with E-state index in [0.717, 1.165) is 31.4 Å². The molecule has 1 aliphatic heterocycles. The van der Waals surface area contributed by atoms with Crippen LogP contribution in [0.25, 0.3) is 11.3 Å². The second-order valence-corrected chi connectivity index (χ2v) is 10.7. The fourth-order valence-corrected chi connectivity index (χ4v) is 5.13. The van der Waals surface area contributed by atoms with Crippen molar-refractivity contribution < 1.29 is 23.2 Å². The summed E-state index contributed by atoms with van der Waals surface area (Å²) in [6, 6.07) is 1.49. The lowest BCUT2D eigenvalue weighted by molar-refractivity contribution is -0.137. The maximum Gasteiger partial charge on any atom is 0.263 e. The smallest absolute Gasteiger partial charge is 0.263 e. The monoisotopic (exact) mass is 544 g/mol. The molecule has 3 amide bonds. The summed E-state index contributed by atoms with van der Waals surface area (Å²) in [7, 11) is 0. The molecule has 1 aliphatic rings. The molecule has 9 nitrogen and oxygen atoms in total. The first kappa shape index (κ1) is 27.4. The van der Waals surface area contributed by atoms with Gasteiger partial charge in [-0.3, -0.25) is 14.4 Å².